The summed E-state index contributed by atoms with van der Waals surface area (Å²) in [5.41, 5.74) is 9.73. The highest BCUT2D eigenvalue weighted by molar-refractivity contribution is 5.22. The zero-order valence-electron chi connectivity index (χ0n) is 9.24. The molecule has 0 saturated heterocycles. The van der Waals surface area contributed by atoms with Crippen LogP contribution in [0.1, 0.15) is 31.0 Å². The van der Waals surface area contributed by atoms with Gasteiger partial charge in [0.15, 0.2) is 0 Å². The van der Waals surface area contributed by atoms with E-state index in [0.717, 1.165) is 31.4 Å². The van der Waals surface area contributed by atoms with Gasteiger partial charge in [-0.15, -0.1) is 0 Å². The third-order valence-electron chi connectivity index (χ3n) is 2.95. The topological polar surface area (TPSA) is 38.9 Å². The smallest absolute Gasteiger partial charge is 0.0444 e. The van der Waals surface area contributed by atoms with E-state index in [2.05, 4.69) is 30.1 Å². The zero-order valence-corrected chi connectivity index (χ0v) is 9.24. The average Bonchev–Trinajstić information content (AvgIpc) is 2.65. The summed E-state index contributed by atoms with van der Waals surface area (Å²) in [5, 5.41) is 0. The van der Waals surface area contributed by atoms with Crippen LogP contribution >= 0.6 is 0 Å². The van der Waals surface area contributed by atoms with Crippen LogP contribution < -0.4 is 5.73 Å². The molecule has 0 aromatic carbocycles. The highest BCUT2D eigenvalue weighted by atomic mass is 14.7. The van der Waals surface area contributed by atoms with Crippen molar-refractivity contribution in [2.24, 2.45) is 5.73 Å². The first-order chi connectivity index (χ1) is 7.28. The van der Waals surface area contributed by atoms with Crippen molar-refractivity contribution in [2.45, 2.75) is 38.6 Å². The first-order valence-electron chi connectivity index (χ1n) is 5.67. The van der Waals surface area contributed by atoms with Gasteiger partial charge in [0.05, 0.1) is 0 Å². The van der Waals surface area contributed by atoms with Gasteiger partial charge in [0.25, 0.3) is 0 Å². The molecule has 0 spiro atoms. The van der Waals surface area contributed by atoms with Gasteiger partial charge in [-0.25, -0.2) is 0 Å². The van der Waals surface area contributed by atoms with Crippen LogP contribution in [0.25, 0.3) is 0 Å². The van der Waals surface area contributed by atoms with Gasteiger partial charge in [-0.2, -0.15) is 0 Å². The lowest BCUT2D eigenvalue weighted by molar-refractivity contribution is 0.768. The Balaban J connectivity index is 2.02. The van der Waals surface area contributed by atoms with Gasteiger partial charge in [0, 0.05) is 24.4 Å². The second-order valence-corrected chi connectivity index (χ2v) is 4.22. The average molecular weight is 202 g/mol. The first kappa shape index (κ1) is 10.4. The van der Waals surface area contributed by atoms with Crippen LogP contribution in [0.15, 0.2) is 30.0 Å². The van der Waals surface area contributed by atoms with Crippen LogP contribution in [-0.4, -0.2) is 11.0 Å². The van der Waals surface area contributed by atoms with Crippen LogP contribution in [0.5, 0.6) is 0 Å². The maximum absolute atomic E-state index is 5.83. The number of hydrogen-bond acceptors (Lipinski definition) is 2. The molecule has 1 heterocycles. The Morgan fingerprint density at radius 3 is 2.87 bits per heavy atom. The molecular weight excluding hydrogens is 184 g/mol. The Hall–Kier alpha value is -1.15. The van der Waals surface area contributed by atoms with Gasteiger partial charge in [0.2, 0.25) is 0 Å². The van der Waals surface area contributed by atoms with E-state index in [0.29, 0.717) is 0 Å². The molecule has 2 N–H and O–H groups in total. The summed E-state index contributed by atoms with van der Waals surface area (Å²) < 4.78 is 0. The summed E-state index contributed by atoms with van der Waals surface area (Å²) in [6.07, 6.45) is 8.43. The number of nitrogens with two attached hydrogens (primary N) is 1. The SMILES string of the molecule is CCc1ccc(CC2=CC(N)CC2)nc1. The van der Waals surface area contributed by atoms with Crippen LogP contribution in [0.3, 0.4) is 0 Å². The lowest BCUT2D eigenvalue weighted by Gasteiger charge is -2.02. The molecule has 0 amide bonds. The maximum atomic E-state index is 5.83. The standard InChI is InChI=1S/C13H18N2/c1-2-10-4-6-13(15-9-10)8-11-3-5-12(14)7-11/h4,6-7,9,12H,2-3,5,8,14H2,1H3. The summed E-state index contributed by atoms with van der Waals surface area (Å²) in [6.45, 7) is 2.15. The monoisotopic (exact) mass is 202 g/mol. The molecule has 1 aromatic heterocycles. The van der Waals surface area contributed by atoms with Crippen molar-refractivity contribution in [1.82, 2.24) is 4.98 Å². The number of rotatable bonds is 3. The summed E-state index contributed by atoms with van der Waals surface area (Å²) in [5.74, 6) is 0. The van der Waals surface area contributed by atoms with E-state index in [9.17, 15) is 0 Å². The molecule has 15 heavy (non-hydrogen) atoms. The predicted octanol–water partition coefficient (Wildman–Crippen LogP) is 2.23. The van der Waals surface area contributed by atoms with E-state index in [1.165, 1.54) is 11.1 Å². The van der Waals surface area contributed by atoms with Crippen molar-refractivity contribution in [3.8, 4) is 0 Å². The van der Waals surface area contributed by atoms with Gasteiger partial charge >= 0.3 is 0 Å². The molecule has 2 rings (SSSR count). The second-order valence-electron chi connectivity index (χ2n) is 4.22. The maximum Gasteiger partial charge on any atom is 0.0444 e. The molecular formula is C13H18N2. The van der Waals surface area contributed by atoms with Crippen molar-refractivity contribution >= 4 is 0 Å². The molecule has 1 aliphatic rings. The number of allylic oxidation sites excluding steroid dienone is 1. The van der Waals surface area contributed by atoms with E-state index in [1.807, 2.05) is 6.20 Å². The van der Waals surface area contributed by atoms with Gasteiger partial charge in [-0.1, -0.05) is 24.6 Å². The van der Waals surface area contributed by atoms with E-state index in [-0.39, 0.29) is 6.04 Å². The molecule has 0 fully saturated rings. The van der Waals surface area contributed by atoms with Gasteiger partial charge < -0.3 is 5.73 Å². The summed E-state index contributed by atoms with van der Waals surface area (Å²) >= 11 is 0. The van der Waals surface area contributed by atoms with Crippen molar-refractivity contribution in [1.29, 1.82) is 0 Å². The number of nitrogens with zero attached hydrogens (tertiary/aromatic N) is 1. The Kier molecular flexibility index (Phi) is 3.17. The van der Waals surface area contributed by atoms with Gasteiger partial charge in [-0.3, -0.25) is 4.98 Å². The molecule has 1 unspecified atom stereocenters. The summed E-state index contributed by atoms with van der Waals surface area (Å²) in [7, 11) is 0. The fraction of sp³-hybridized carbons (Fsp3) is 0.462. The number of pyridine rings is 1. The molecule has 2 heteroatoms. The molecule has 0 bridgehead atoms. The Labute approximate surface area is 91.2 Å². The highest BCUT2D eigenvalue weighted by Crippen LogP contribution is 2.20. The van der Waals surface area contributed by atoms with Crippen LogP contribution in [-0.2, 0) is 12.8 Å². The van der Waals surface area contributed by atoms with Crippen LogP contribution in [0.4, 0.5) is 0 Å². The molecule has 80 valence electrons. The number of aromatic nitrogens is 1. The molecule has 1 aromatic rings. The summed E-state index contributed by atoms with van der Waals surface area (Å²) in [4.78, 5) is 4.46. The fourth-order valence-electron chi connectivity index (χ4n) is 1.97. The fourth-order valence-corrected chi connectivity index (χ4v) is 1.97. The van der Waals surface area contributed by atoms with Crippen molar-refractivity contribution in [3.63, 3.8) is 0 Å². The summed E-state index contributed by atoms with van der Waals surface area (Å²) in [6, 6.07) is 4.57. The quantitative estimate of drug-likeness (QED) is 0.763. The minimum atomic E-state index is 0.273. The largest absolute Gasteiger partial charge is 0.324 e. The second kappa shape index (κ2) is 4.58. The molecule has 0 radical (unpaired) electrons. The van der Waals surface area contributed by atoms with Gasteiger partial charge in [-0.05, 0) is 30.9 Å². The van der Waals surface area contributed by atoms with Crippen molar-refractivity contribution in [2.75, 3.05) is 0 Å². The molecule has 0 saturated carbocycles. The molecule has 1 atom stereocenters. The lowest BCUT2D eigenvalue weighted by atomic mass is 10.1. The van der Waals surface area contributed by atoms with E-state index < -0.39 is 0 Å². The predicted molar refractivity (Wildman–Crippen MR) is 62.6 cm³/mol. The minimum absolute atomic E-state index is 0.273. The number of aryl methyl sites for hydroxylation is 1. The van der Waals surface area contributed by atoms with Gasteiger partial charge in [0.1, 0.15) is 0 Å². The van der Waals surface area contributed by atoms with Crippen LogP contribution in [0, 0.1) is 0 Å². The third kappa shape index (κ3) is 2.66. The molecule has 2 nitrogen and oxygen atoms in total. The molecule has 0 aliphatic heterocycles. The Bertz CT molecular complexity index is 351. The minimum Gasteiger partial charge on any atom is -0.324 e. The highest BCUT2D eigenvalue weighted by Gasteiger charge is 2.12. The normalized spacial score (nSPS) is 20.4. The number of hydrogen-bond donors (Lipinski definition) is 1. The first-order valence-corrected chi connectivity index (χ1v) is 5.67. The van der Waals surface area contributed by atoms with E-state index in [4.69, 9.17) is 5.73 Å². The lowest BCUT2D eigenvalue weighted by Crippen LogP contribution is -2.11. The van der Waals surface area contributed by atoms with Crippen molar-refractivity contribution in [3.05, 3.63) is 41.2 Å². The zero-order chi connectivity index (χ0) is 10.7. The third-order valence-corrected chi connectivity index (χ3v) is 2.95. The molecule has 1 aliphatic carbocycles. The van der Waals surface area contributed by atoms with E-state index in [1.54, 1.807) is 0 Å². The van der Waals surface area contributed by atoms with Crippen molar-refractivity contribution < 1.29 is 0 Å². The Morgan fingerprint density at radius 2 is 2.33 bits per heavy atom. The Morgan fingerprint density at radius 1 is 1.47 bits per heavy atom. The van der Waals surface area contributed by atoms with E-state index >= 15 is 0 Å². The van der Waals surface area contributed by atoms with Crippen LogP contribution in [0.2, 0.25) is 0 Å².